The van der Waals surface area contributed by atoms with Gasteiger partial charge < -0.3 is 51.3 Å². The highest BCUT2D eigenvalue weighted by atomic mass is 16.5. The largest absolute Gasteiger partial charge is 0.393 e. The fourth-order valence-corrected chi connectivity index (χ4v) is 7.42. The number of hydrogen-bond acceptors (Lipinski definition) is 10. The molecule has 4 atom stereocenters. The number of rotatable bonds is 29. The van der Waals surface area contributed by atoms with Crippen molar-refractivity contribution in [2.75, 3.05) is 73.1 Å². The SMILES string of the molecule is CC(C)CC(C)(C)O.CC(C)CCN.CC(C)CCN(C)C.CC(C)CCNC1CCC1.CC(C)CCNC1CCOC1.CCC(O)CC(C)C.CCN(CC)CCC(C)C.CC[C@@H](O)CC(C)C.CC[C@H](O)CC(C)C. The number of aliphatic hydroxyl groups excluding tert-OH is 3. The summed E-state index contributed by atoms with van der Waals surface area (Å²) in [6.45, 7) is 63.5. The summed E-state index contributed by atoms with van der Waals surface area (Å²) >= 11 is 0. The van der Waals surface area contributed by atoms with Gasteiger partial charge in [-0.15, -0.1) is 0 Å². The van der Waals surface area contributed by atoms with Crippen molar-refractivity contribution < 1.29 is 25.2 Å². The Kier molecular flexibility index (Phi) is 74.2. The summed E-state index contributed by atoms with van der Waals surface area (Å²) < 4.78 is 5.25. The Morgan fingerprint density at radius 1 is 0.494 bits per heavy atom. The van der Waals surface area contributed by atoms with Gasteiger partial charge in [0.05, 0.1) is 30.5 Å². The fourth-order valence-electron chi connectivity index (χ4n) is 7.42. The summed E-state index contributed by atoms with van der Waals surface area (Å²) in [6.07, 6.45) is 18.0. The molecular formula is C67H153N5O5. The second kappa shape index (κ2) is 63.2. The Hall–Kier alpha value is -0.400. The van der Waals surface area contributed by atoms with Gasteiger partial charge in [-0.25, -0.2) is 0 Å². The molecule has 0 radical (unpaired) electrons. The van der Waals surface area contributed by atoms with Gasteiger partial charge in [-0.2, -0.15) is 0 Å². The van der Waals surface area contributed by atoms with E-state index in [1.807, 2.05) is 34.6 Å². The topological polar surface area (TPSA) is 147 Å². The molecule has 0 amide bonds. The van der Waals surface area contributed by atoms with Crippen molar-refractivity contribution in [3.05, 3.63) is 0 Å². The molecule has 8 N–H and O–H groups in total. The van der Waals surface area contributed by atoms with Crippen molar-refractivity contribution in [3.63, 3.8) is 0 Å². The van der Waals surface area contributed by atoms with Gasteiger partial charge in [0.25, 0.3) is 0 Å². The summed E-state index contributed by atoms with van der Waals surface area (Å²) in [7, 11) is 4.23. The molecule has 2 rings (SSSR count). The first-order valence-electron chi connectivity index (χ1n) is 32.5. The van der Waals surface area contributed by atoms with E-state index in [1.54, 1.807) is 0 Å². The lowest BCUT2D eigenvalue weighted by Gasteiger charge is -2.26. The Balaban J connectivity index is -0.000000144. The molecule has 2 fully saturated rings. The number of nitrogens with zero attached hydrogens (tertiary/aromatic N) is 2. The summed E-state index contributed by atoms with van der Waals surface area (Å²) in [5.41, 5.74) is 4.75. The second-order valence-corrected chi connectivity index (χ2v) is 27.1. The van der Waals surface area contributed by atoms with Crippen molar-refractivity contribution in [2.24, 2.45) is 59.0 Å². The maximum Gasteiger partial charge on any atom is 0.0620 e. The number of nitrogens with two attached hydrogens (primary N) is 1. The molecule has 10 nitrogen and oxygen atoms in total. The minimum Gasteiger partial charge on any atom is -0.393 e. The molecule has 10 heteroatoms. The number of aliphatic hydroxyl groups is 4. The Bertz CT molecular complexity index is 1010. The van der Waals surface area contributed by atoms with Crippen LogP contribution in [0.3, 0.4) is 0 Å². The molecule has 0 spiro atoms. The predicted molar refractivity (Wildman–Crippen MR) is 349 cm³/mol. The molecule has 1 saturated heterocycles. The van der Waals surface area contributed by atoms with E-state index in [0.29, 0.717) is 29.7 Å². The van der Waals surface area contributed by atoms with E-state index in [4.69, 9.17) is 25.8 Å². The minimum atomic E-state index is -0.478. The average Bonchev–Trinajstić information content (AvgIpc) is 3.80. The van der Waals surface area contributed by atoms with Gasteiger partial charge in [-0.1, -0.05) is 166 Å². The maximum absolute atomic E-state index is 9.19. The first-order valence-corrected chi connectivity index (χ1v) is 32.5. The van der Waals surface area contributed by atoms with Crippen molar-refractivity contribution >= 4 is 0 Å². The van der Waals surface area contributed by atoms with Crippen LogP contribution in [0.15, 0.2) is 0 Å². The van der Waals surface area contributed by atoms with Gasteiger partial charge >= 0.3 is 0 Å². The van der Waals surface area contributed by atoms with Crippen LogP contribution in [0.1, 0.15) is 276 Å². The van der Waals surface area contributed by atoms with Crippen LogP contribution >= 0.6 is 0 Å². The van der Waals surface area contributed by atoms with Gasteiger partial charge in [0.1, 0.15) is 0 Å². The van der Waals surface area contributed by atoms with Crippen LogP contribution in [0.25, 0.3) is 0 Å². The average molecular weight is 1110 g/mol. The van der Waals surface area contributed by atoms with Crippen LogP contribution in [-0.2, 0) is 4.74 Å². The molecule has 1 aliphatic heterocycles. The van der Waals surface area contributed by atoms with Crippen LogP contribution in [0, 0.1) is 53.3 Å². The van der Waals surface area contributed by atoms with E-state index in [1.165, 1.54) is 84.1 Å². The second-order valence-electron chi connectivity index (χ2n) is 27.1. The lowest BCUT2D eigenvalue weighted by molar-refractivity contribution is 0.0578. The van der Waals surface area contributed by atoms with E-state index in [2.05, 4.69) is 173 Å². The van der Waals surface area contributed by atoms with Gasteiger partial charge in [-0.05, 0) is 223 Å². The number of nitrogens with one attached hydrogen (secondary N) is 2. The predicted octanol–water partition coefficient (Wildman–Crippen LogP) is 15.8. The highest BCUT2D eigenvalue weighted by Gasteiger charge is 2.16. The quantitative estimate of drug-likeness (QED) is 0.0386. The minimum absolute atomic E-state index is 0.0741. The Labute approximate surface area is 487 Å². The zero-order valence-electron chi connectivity index (χ0n) is 57.9. The highest BCUT2D eigenvalue weighted by Crippen LogP contribution is 2.18. The summed E-state index contributed by atoms with van der Waals surface area (Å²) in [4.78, 5) is 4.69. The third-order valence-corrected chi connectivity index (χ3v) is 12.7. The lowest BCUT2D eigenvalue weighted by Crippen LogP contribution is -2.35. The monoisotopic (exact) mass is 1110 g/mol. The smallest absolute Gasteiger partial charge is 0.0620 e. The number of ether oxygens (including phenoxy) is 1. The highest BCUT2D eigenvalue weighted by molar-refractivity contribution is 4.76. The molecule has 2 aliphatic rings. The number of hydrogen-bond donors (Lipinski definition) is 7. The molecular weight excluding hydrogens is 955 g/mol. The first kappa shape index (κ1) is 90.4. The molecule has 0 bridgehead atoms. The van der Waals surface area contributed by atoms with Crippen LogP contribution in [0.4, 0.5) is 0 Å². The lowest BCUT2D eigenvalue weighted by atomic mass is 9.93. The van der Waals surface area contributed by atoms with Crippen molar-refractivity contribution in [1.82, 2.24) is 20.4 Å². The van der Waals surface area contributed by atoms with Gasteiger partial charge in [0, 0.05) is 18.7 Å². The van der Waals surface area contributed by atoms with E-state index >= 15 is 0 Å². The van der Waals surface area contributed by atoms with Crippen LogP contribution in [0.5, 0.6) is 0 Å². The van der Waals surface area contributed by atoms with Crippen LogP contribution < -0.4 is 16.4 Å². The van der Waals surface area contributed by atoms with E-state index in [9.17, 15) is 5.11 Å². The molecule has 0 aromatic heterocycles. The normalized spacial score (nSPS) is 15.4. The molecule has 476 valence electrons. The van der Waals surface area contributed by atoms with Crippen LogP contribution in [-0.4, -0.2) is 139 Å². The Morgan fingerprint density at radius 3 is 1.01 bits per heavy atom. The fraction of sp³-hybridized carbons (Fsp3) is 1.00. The first-order chi connectivity index (χ1) is 35.6. The summed E-state index contributed by atoms with van der Waals surface area (Å²) in [6, 6.07) is 1.51. The van der Waals surface area contributed by atoms with Crippen molar-refractivity contribution in [3.8, 4) is 0 Å². The molecule has 2 unspecified atom stereocenters. The zero-order chi connectivity index (χ0) is 61.5. The van der Waals surface area contributed by atoms with E-state index in [-0.39, 0.29) is 18.3 Å². The van der Waals surface area contributed by atoms with Gasteiger partial charge in [0.2, 0.25) is 0 Å². The van der Waals surface area contributed by atoms with Gasteiger partial charge in [0.15, 0.2) is 0 Å². The van der Waals surface area contributed by atoms with E-state index < -0.39 is 5.60 Å². The third-order valence-electron chi connectivity index (χ3n) is 12.7. The van der Waals surface area contributed by atoms with Crippen LogP contribution in [0.2, 0.25) is 0 Å². The molecule has 1 aliphatic carbocycles. The van der Waals surface area contributed by atoms with Crippen molar-refractivity contribution in [2.45, 2.75) is 312 Å². The molecule has 1 saturated carbocycles. The Morgan fingerprint density at radius 2 is 0.844 bits per heavy atom. The van der Waals surface area contributed by atoms with Crippen molar-refractivity contribution in [1.29, 1.82) is 0 Å². The zero-order valence-corrected chi connectivity index (χ0v) is 57.9. The molecule has 1 heterocycles. The standard InChI is InChI=1S/C9H19NO.C9H19N.C9H21N.C7H17N.4C7H16O.C5H13N/c1-8(2)3-5-10-9-4-6-11-7-9;1-8(2)6-7-10-9-4-3-5-9;1-5-10(6-2)8-7-9(3)4;1-7(2)5-6-8(3)4;1-6(2)5-7(3,4)8;3*1-4-7(8)5-6(2)3;1-5(2)3-4-6/h8-10H,3-7H2,1-2H3;8-10H,3-7H2,1-2H3;9H,5-8H2,1-4H3;7H,5-6H2,1-4H3;6,8H,5H2,1-4H3;3*6-8H,4-5H2,1-3H3;5H,3-4,6H2,1-2H3/t;;;;;2*7-;;/m.....10../s1. The maximum atomic E-state index is 9.19. The van der Waals surface area contributed by atoms with Gasteiger partial charge in [-0.3, -0.25) is 0 Å². The third kappa shape index (κ3) is 98.1. The molecule has 0 aromatic rings. The summed E-state index contributed by atoms with van der Waals surface area (Å²) in [5.74, 6) is 6.61. The van der Waals surface area contributed by atoms with E-state index in [0.717, 1.165) is 113 Å². The summed E-state index contributed by atoms with van der Waals surface area (Å²) in [5, 5.41) is 43.3. The molecule has 0 aromatic carbocycles. The molecule has 77 heavy (non-hydrogen) atoms.